The summed E-state index contributed by atoms with van der Waals surface area (Å²) in [4.78, 5) is 20.3. The van der Waals surface area contributed by atoms with Crippen molar-refractivity contribution in [3.05, 3.63) is 69.5 Å². The zero-order valence-corrected chi connectivity index (χ0v) is 19.1. The number of anilines is 1. The molecular formula is C21H14Cl2F5N5O2. The molecule has 1 N–H and O–H groups in total. The summed E-state index contributed by atoms with van der Waals surface area (Å²) in [6.07, 6.45) is -5.78. The quantitative estimate of drug-likeness (QED) is 0.333. The molecule has 35 heavy (non-hydrogen) atoms. The highest BCUT2D eigenvalue weighted by molar-refractivity contribution is 6.37. The van der Waals surface area contributed by atoms with Gasteiger partial charge in [-0.3, -0.25) is 10.3 Å². The van der Waals surface area contributed by atoms with Crippen LogP contribution in [0.3, 0.4) is 0 Å². The number of nitrogens with zero attached hydrogens (tertiary/aromatic N) is 4. The second-order valence-electron chi connectivity index (χ2n) is 7.22. The van der Waals surface area contributed by atoms with E-state index in [4.69, 9.17) is 27.9 Å². The average Bonchev–Trinajstić information content (AvgIpc) is 3.15. The van der Waals surface area contributed by atoms with E-state index in [0.29, 0.717) is 6.07 Å². The summed E-state index contributed by atoms with van der Waals surface area (Å²) < 4.78 is 76.3. The number of rotatable bonds is 4. The first-order valence-electron chi connectivity index (χ1n) is 9.92. The van der Waals surface area contributed by atoms with Gasteiger partial charge in [0.25, 0.3) is 5.95 Å². The summed E-state index contributed by atoms with van der Waals surface area (Å²) in [5.41, 5.74) is -2.82. The first-order valence-corrected chi connectivity index (χ1v) is 10.8. The molecule has 0 fully saturated rings. The van der Waals surface area contributed by atoms with Gasteiger partial charge in [0.15, 0.2) is 5.82 Å². The molecule has 1 aliphatic heterocycles. The van der Waals surface area contributed by atoms with Crippen LogP contribution in [0.1, 0.15) is 35.5 Å². The number of nitrogens with one attached hydrogen (secondary N) is 1. The van der Waals surface area contributed by atoms with E-state index in [9.17, 15) is 26.7 Å². The van der Waals surface area contributed by atoms with Gasteiger partial charge >= 0.3 is 12.3 Å². The Balaban J connectivity index is 1.96. The highest BCUT2D eigenvalue weighted by Crippen LogP contribution is 2.42. The molecule has 3 aromatic rings. The Labute approximate surface area is 204 Å². The van der Waals surface area contributed by atoms with Crippen LogP contribution in [0.25, 0.3) is 5.69 Å². The van der Waals surface area contributed by atoms with Crippen LogP contribution in [0.15, 0.2) is 35.3 Å². The molecule has 0 saturated carbocycles. The highest BCUT2D eigenvalue weighted by atomic mass is 35.5. The van der Waals surface area contributed by atoms with Crippen molar-refractivity contribution in [2.75, 3.05) is 17.8 Å². The molecule has 2 aromatic carbocycles. The van der Waals surface area contributed by atoms with Gasteiger partial charge in [0.2, 0.25) is 0 Å². The Morgan fingerprint density at radius 2 is 1.86 bits per heavy atom. The van der Waals surface area contributed by atoms with Crippen LogP contribution in [0, 0.1) is 11.6 Å². The zero-order chi connectivity index (χ0) is 25.5. The van der Waals surface area contributed by atoms with Crippen LogP contribution >= 0.6 is 23.2 Å². The van der Waals surface area contributed by atoms with Gasteiger partial charge in [0, 0.05) is 5.56 Å². The first kappa shape index (κ1) is 24.9. The summed E-state index contributed by atoms with van der Waals surface area (Å²) in [6, 6.07) is 3.77. The van der Waals surface area contributed by atoms with Gasteiger partial charge in [0.05, 0.1) is 33.4 Å². The molecule has 0 radical (unpaired) electrons. The molecule has 1 aromatic heterocycles. The van der Waals surface area contributed by atoms with Crippen LogP contribution in [0.4, 0.5) is 32.7 Å². The average molecular weight is 534 g/mol. The van der Waals surface area contributed by atoms with E-state index in [1.165, 1.54) is 6.92 Å². The monoisotopic (exact) mass is 533 g/mol. The lowest BCUT2D eigenvalue weighted by molar-refractivity contribution is -0.137. The molecule has 1 amide bonds. The van der Waals surface area contributed by atoms with Gasteiger partial charge in [-0.1, -0.05) is 17.7 Å². The normalized spacial score (nSPS) is 15.1. The number of benzene rings is 2. The number of carbonyl (C=O) groups excluding carboxylic acids is 1. The van der Waals surface area contributed by atoms with Gasteiger partial charge in [-0.05, 0) is 31.2 Å². The lowest BCUT2D eigenvalue weighted by Crippen LogP contribution is -2.17. The van der Waals surface area contributed by atoms with Crippen molar-refractivity contribution < 1.29 is 31.5 Å². The maximum Gasteiger partial charge on any atom is 0.417 e. The molecule has 1 unspecified atom stereocenters. The van der Waals surface area contributed by atoms with Crippen LogP contribution in [-0.4, -0.2) is 39.1 Å². The number of alkyl halides is 4. The minimum atomic E-state index is -4.87. The lowest BCUT2D eigenvalue weighted by atomic mass is 9.97. The topological polar surface area (TPSA) is 81.4 Å². The Hall–Kier alpha value is -3.25. The maximum atomic E-state index is 14.7. The maximum absolute atomic E-state index is 14.7. The summed E-state index contributed by atoms with van der Waals surface area (Å²) in [5.74, 6) is -2.24. The number of halogens is 7. The minimum Gasteiger partial charge on any atom is -0.448 e. The van der Waals surface area contributed by atoms with Crippen LogP contribution in [0.2, 0.25) is 5.02 Å². The molecule has 1 aliphatic rings. The molecule has 184 valence electrons. The number of carbonyl (C=O) groups is 1. The number of ether oxygens (including phenoxy) is 1. The van der Waals surface area contributed by atoms with Crippen LogP contribution in [-0.2, 0) is 10.9 Å². The van der Waals surface area contributed by atoms with E-state index in [2.05, 4.69) is 20.4 Å². The molecular weight excluding hydrogens is 520 g/mol. The zero-order valence-electron chi connectivity index (χ0n) is 17.6. The van der Waals surface area contributed by atoms with Gasteiger partial charge in [0.1, 0.15) is 24.3 Å². The Kier molecular flexibility index (Phi) is 6.69. The predicted octanol–water partition coefficient (Wildman–Crippen LogP) is 5.92. The summed E-state index contributed by atoms with van der Waals surface area (Å²) in [7, 11) is 0. The number of hydrogen-bond donors (Lipinski definition) is 1. The number of aliphatic imine (C=N–C) groups is 1. The number of amides is 1. The number of aromatic nitrogens is 3. The van der Waals surface area contributed by atoms with Crippen molar-refractivity contribution in [2.45, 2.75) is 19.1 Å². The van der Waals surface area contributed by atoms with Crippen molar-refractivity contribution in [1.82, 2.24) is 14.8 Å². The van der Waals surface area contributed by atoms with Gasteiger partial charge in [-0.25, -0.2) is 18.3 Å². The Bertz CT molecular complexity index is 1320. The number of fused-ring (bicyclic) bond motifs is 3. The second-order valence-corrected chi connectivity index (χ2v) is 7.98. The van der Waals surface area contributed by atoms with Crippen molar-refractivity contribution >= 4 is 41.0 Å². The van der Waals surface area contributed by atoms with Gasteiger partial charge in [-0.15, -0.1) is 16.7 Å². The number of hydrogen-bond acceptors (Lipinski definition) is 5. The molecule has 0 aliphatic carbocycles. The SMILES string of the molecule is CC1N=C(c2c(F)cccc2F)c2c(ccc(C(F)(F)F)c2Cl)-n2nc(NC(=O)OCCCl)nc21. The molecule has 0 bridgehead atoms. The van der Waals surface area contributed by atoms with E-state index in [1.807, 2.05) is 0 Å². The third-order valence-corrected chi connectivity index (χ3v) is 5.49. The van der Waals surface area contributed by atoms with Crippen molar-refractivity contribution in [3.63, 3.8) is 0 Å². The van der Waals surface area contributed by atoms with E-state index < -0.39 is 57.4 Å². The van der Waals surface area contributed by atoms with Crippen LogP contribution < -0.4 is 5.32 Å². The van der Waals surface area contributed by atoms with Gasteiger partial charge < -0.3 is 4.74 Å². The molecule has 1 atom stereocenters. The molecule has 0 spiro atoms. The lowest BCUT2D eigenvalue weighted by Gasteiger charge is -2.17. The standard InChI is InChI=1S/C21H14Cl2F5N5O2/c1-9-18-30-19(31-20(34)35-8-7-22)32-33(18)13-6-5-10(21(26,27)28)16(23)15(13)17(29-9)14-11(24)3-2-4-12(14)25/h2-6,9H,7-8H2,1H3,(H,31,32,34). The van der Waals surface area contributed by atoms with E-state index in [-0.39, 0.29) is 29.9 Å². The second kappa shape index (κ2) is 9.42. The minimum absolute atomic E-state index is 0.0507. The van der Waals surface area contributed by atoms with E-state index in [1.54, 1.807) is 0 Å². The third kappa shape index (κ3) is 4.67. The first-order chi connectivity index (χ1) is 16.5. The third-order valence-electron chi connectivity index (χ3n) is 4.94. The molecule has 0 saturated heterocycles. The Morgan fingerprint density at radius 1 is 1.17 bits per heavy atom. The van der Waals surface area contributed by atoms with E-state index >= 15 is 0 Å². The fourth-order valence-corrected chi connectivity index (χ4v) is 3.93. The smallest absolute Gasteiger partial charge is 0.417 e. The molecule has 2 heterocycles. The molecule has 4 rings (SSSR count). The van der Waals surface area contributed by atoms with Crippen molar-refractivity contribution in [2.24, 2.45) is 4.99 Å². The highest BCUT2D eigenvalue weighted by Gasteiger charge is 2.38. The van der Waals surface area contributed by atoms with Crippen molar-refractivity contribution in [1.29, 1.82) is 0 Å². The van der Waals surface area contributed by atoms with Gasteiger partial charge in [-0.2, -0.15) is 18.2 Å². The largest absolute Gasteiger partial charge is 0.448 e. The summed E-state index contributed by atoms with van der Waals surface area (Å²) in [5, 5.41) is 5.56. The summed E-state index contributed by atoms with van der Waals surface area (Å²) >= 11 is 11.7. The molecule has 7 nitrogen and oxygen atoms in total. The van der Waals surface area contributed by atoms with E-state index in [0.717, 1.165) is 28.9 Å². The van der Waals surface area contributed by atoms with Crippen LogP contribution in [0.5, 0.6) is 0 Å². The fraction of sp³-hybridized carbons (Fsp3) is 0.238. The van der Waals surface area contributed by atoms with Crippen molar-refractivity contribution in [3.8, 4) is 5.69 Å². The Morgan fingerprint density at radius 3 is 2.49 bits per heavy atom. The summed E-state index contributed by atoms with van der Waals surface area (Å²) in [6.45, 7) is 1.40. The molecule has 14 heteroatoms. The fourth-order valence-electron chi connectivity index (χ4n) is 3.50. The predicted molar refractivity (Wildman–Crippen MR) is 117 cm³/mol.